The van der Waals surface area contributed by atoms with Gasteiger partial charge in [0.15, 0.2) is 0 Å². The Labute approximate surface area is 129 Å². The van der Waals surface area contributed by atoms with Gasteiger partial charge < -0.3 is 4.90 Å². The van der Waals surface area contributed by atoms with Gasteiger partial charge in [0.05, 0.1) is 5.75 Å². The fourth-order valence-electron chi connectivity index (χ4n) is 2.07. The number of hydroxylamine groups is 1. The number of hydrogen-bond acceptors (Lipinski definition) is 4. The summed E-state index contributed by atoms with van der Waals surface area (Å²) in [5, 5.41) is 8.45. The molecule has 2 amide bonds. The molecule has 1 aromatic rings. The van der Waals surface area contributed by atoms with Crippen LogP contribution in [0.1, 0.15) is 23.8 Å². The first-order valence-electron chi connectivity index (χ1n) is 6.21. The molecule has 0 spiro atoms. The van der Waals surface area contributed by atoms with E-state index in [4.69, 9.17) is 5.21 Å². The molecule has 0 radical (unpaired) electrons. The topological polar surface area (TPSA) is 69.6 Å². The number of carbonyl (C=O) groups excluding carboxylic acids is 2. The Morgan fingerprint density at radius 2 is 2.15 bits per heavy atom. The predicted octanol–water partition coefficient (Wildman–Crippen LogP) is 2.31. The van der Waals surface area contributed by atoms with Crippen molar-refractivity contribution in [3.8, 4) is 0 Å². The van der Waals surface area contributed by atoms with Crippen LogP contribution in [0.4, 0.5) is 0 Å². The Morgan fingerprint density at radius 3 is 2.80 bits per heavy atom. The normalized spacial score (nSPS) is 18.4. The van der Waals surface area contributed by atoms with E-state index in [1.807, 2.05) is 24.3 Å². The molecule has 0 saturated carbocycles. The highest BCUT2D eigenvalue weighted by Crippen LogP contribution is 2.38. The Kier molecular flexibility index (Phi) is 5.45. The molecule has 7 heteroatoms. The van der Waals surface area contributed by atoms with Gasteiger partial charge in [-0.1, -0.05) is 28.1 Å². The van der Waals surface area contributed by atoms with E-state index in [9.17, 15) is 9.59 Å². The van der Waals surface area contributed by atoms with Gasteiger partial charge in [-0.3, -0.25) is 14.8 Å². The minimum absolute atomic E-state index is 0.00721. The van der Waals surface area contributed by atoms with E-state index >= 15 is 0 Å². The van der Waals surface area contributed by atoms with Crippen molar-refractivity contribution in [2.75, 3.05) is 12.3 Å². The van der Waals surface area contributed by atoms with E-state index in [-0.39, 0.29) is 17.7 Å². The summed E-state index contributed by atoms with van der Waals surface area (Å²) in [6.45, 7) is 0.514. The van der Waals surface area contributed by atoms with Crippen LogP contribution in [-0.2, 0) is 9.59 Å². The molecule has 1 aromatic carbocycles. The quantitative estimate of drug-likeness (QED) is 0.625. The minimum atomic E-state index is -0.426. The molecule has 2 N–H and O–H groups in total. The van der Waals surface area contributed by atoms with E-state index in [1.54, 1.807) is 22.1 Å². The summed E-state index contributed by atoms with van der Waals surface area (Å²) < 4.78 is 1.00. The van der Waals surface area contributed by atoms with Gasteiger partial charge in [0.25, 0.3) is 0 Å². The summed E-state index contributed by atoms with van der Waals surface area (Å²) in [6.07, 6.45) is 0.740. The van der Waals surface area contributed by atoms with Crippen LogP contribution in [0.15, 0.2) is 28.7 Å². The molecule has 1 atom stereocenters. The van der Waals surface area contributed by atoms with E-state index in [0.29, 0.717) is 18.7 Å². The standard InChI is InChI=1S/C13H15BrN2O3S/c14-10-5-3-9(4-6-10)13-16(12(18)8-20-13)7-1-2-11(17)15-19/h3-6,13,19H,1-2,7-8H2,(H,15,17). The molecular formula is C13H15BrN2O3S. The molecule has 1 unspecified atom stereocenters. The highest BCUT2D eigenvalue weighted by Gasteiger charge is 2.32. The first-order valence-corrected chi connectivity index (χ1v) is 8.05. The summed E-state index contributed by atoms with van der Waals surface area (Å²) in [7, 11) is 0. The van der Waals surface area contributed by atoms with Gasteiger partial charge in [-0.05, 0) is 24.1 Å². The summed E-state index contributed by atoms with van der Waals surface area (Å²) >= 11 is 4.98. The second-order valence-electron chi connectivity index (χ2n) is 4.44. The van der Waals surface area contributed by atoms with Crippen molar-refractivity contribution in [2.45, 2.75) is 18.2 Å². The number of halogens is 1. The zero-order valence-electron chi connectivity index (χ0n) is 10.7. The number of rotatable bonds is 5. The molecule has 108 valence electrons. The zero-order valence-corrected chi connectivity index (χ0v) is 13.1. The van der Waals surface area contributed by atoms with E-state index in [0.717, 1.165) is 10.0 Å². The molecule has 0 aromatic heterocycles. The molecule has 0 aliphatic carbocycles. The first-order chi connectivity index (χ1) is 9.61. The summed E-state index contributed by atoms with van der Waals surface area (Å²) in [5.41, 5.74) is 2.68. The Hall–Kier alpha value is -1.05. The van der Waals surface area contributed by atoms with Gasteiger partial charge in [0.1, 0.15) is 5.37 Å². The average molecular weight is 359 g/mol. The Balaban J connectivity index is 1.99. The number of nitrogens with zero attached hydrogens (tertiary/aromatic N) is 1. The minimum Gasteiger partial charge on any atom is -0.326 e. The van der Waals surface area contributed by atoms with E-state index < -0.39 is 5.91 Å². The summed E-state index contributed by atoms with van der Waals surface area (Å²) in [6, 6.07) is 7.90. The van der Waals surface area contributed by atoms with E-state index in [2.05, 4.69) is 15.9 Å². The lowest BCUT2D eigenvalue weighted by molar-refractivity contribution is -0.131. The van der Waals surface area contributed by atoms with Crippen molar-refractivity contribution >= 4 is 39.5 Å². The fourth-order valence-corrected chi connectivity index (χ4v) is 3.55. The highest BCUT2D eigenvalue weighted by molar-refractivity contribution is 9.10. The van der Waals surface area contributed by atoms with Gasteiger partial charge in [-0.2, -0.15) is 0 Å². The second kappa shape index (κ2) is 7.10. The molecule has 2 rings (SSSR count). The molecule has 0 bridgehead atoms. The SMILES string of the molecule is O=C(CCCN1C(=O)CSC1c1ccc(Br)cc1)NO. The van der Waals surface area contributed by atoms with Gasteiger partial charge in [-0.25, -0.2) is 5.48 Å². The van der Waals surface area contributed by atoms with Gasteiger partial charge in [-0.15, -0.1) is 11.8 Å². The number of carbonyl (C=O) groups is 2. The lowest BCUT2D eigenvalue weighted by atomic mass is 10.2. The van der Waals surface area contributed by atoms with Crippen LogP contribution in [-0.4, -0.2) is 34.2 Å². The van der Waals surface area contributed by atoms with Crippen LogP contribution in [0.25, 0.3) is 0 Å². The maximum Gasteiger partial charge on any atom is 0.243 e. The monoisotopic (exact) mass is 358 g/mol. The number of amides is 2. The van der Waals surface area contributed by atoms with Crippen LogP contribution in [0, 0.1) is 0 Å². The lowest BCUT2D eigenvalue weighted by Gasteiger charge is -2.24. The lowest BCUT2D eigenvalue weighted by Crippen LogP contribution is -2.30. The molecule has 1 aliphatic rings. The molecule has 20 heavy (non-hydrogen) atoms. The van der Waals surface area contributed by atoms with Gasteiger partial charge in [0.2, 0.25) is 11.8 Å². The zero-order chi connectivity index (χ0) is 14.5. The molecule has 1 aliphatic heterocycles. The number of nitrogens with one attached hydrogen (secondary N) is 1. The van der Waals surface area contributed by atoms with Crippen LogP contribution in [0.5, 0.6) is 0 Å². The number of hydrogen-bond donors (Lipinski definition) is 2. The maximum absolute atomic E-state index is 11.9. The fraction of sp³-hybridized carbons (Fsp3) is 0.385. The molecule has 1 fully saturated rings. The van der Waals surface area contributed by atoms with Crippen molar-refractivity contribution < 1.29 is 14.8 Å². The van der Waals surface area contributed by atoms with E-state index in [1.165, 1.54) is 0 Å². The highest BCUT2D eigenvalue weighted by atomic mass is 79.9. The van der Waals surface area contributed by atoms with Crippen molar-refractivity contribution in [1.82, 2.24) is 10.4 Å². The Morgan fingerprint density at radius 1 is 1.45 bits per heavy atom. The molecule has 5 nitrogen and oxygen atoms in total. The number of benzene rings is 1. The first kappa shape index (κ1) is 15.3. The summed E-state index contributed by atoms with van der Waals surface area (Å²) in [4.78, 5) is 24.7. The van der Waals surface area contributed by atoms with Crippen LogP contribution in [0.3, 0.4) is 0 Å². The molecule has 1 heterocycles. The van der Waals surface area contributed by atoms with Gasteiger partial charge in [0, 0.05) is 17.4 Å². The van der Waals surface area contributed by atoms with Gasteiger partial charge >= 0.3 is 0 Å². The third-order valence-electron chi connectivity index (χ3n) is 3.05. The summed E-state index contributed by atoms with van der Waals surface area (Å²) in [5.74, 6) is 0.129. The van der Waals surface area contributed by atoms with Crippen molar-refractivity contribution in [1.29, 1.82) is 0 Å². The Bertz CT molecular complexity index is 495. The maximum atomic E-state index is 11.9. The smallest absolute Gasteiger partial charge is 0.243 e. The second-order valence-corrected chi connectivity index (χ2v) is 6.42. The molecule has 1 saturated heterocycles. The third kappa shape index (κ3) is 3.74. The van der Waals surface area contributed by atoms with Crippen LogP contribution in [0.2, 0.25) is 0 Å². The van der Waals surface area contributed by atoms with Crippen LogP contribution < -0.4 is 5.48 Å². The van der Waals surface area contributed by atoms with Crippen molar-refractivity contribution in [3.05, 3.63) is 34.3 Å². The third-order valence-corrected chi connectivity index (χ3v) is 4.84. The van der Waals surface area contributed by atoms with Crippen LogP contribution >= 0.6 is 27.7 Å². The number of thioether (sulfide) groups is 1. The van der Waals surface area contributed by atoms with Crippen molar-refractivity contribution in [2.24, 2.45) is 0 Å². The average Bonchev–Trinajstić information content (AvgIpc) is 2.81. The van der Waals surface area contributed by atoms with Crippen molar-refractivity contribution in [3.63, 3.8) is 0 Å². The largest absolute Gasteiger partial charge is 0.326 e. The predicted molar refractivity (Wildman–Crippen MR) is 80.2 cm³/mol. The molecular weight excluding hydrogens is 344 g/mol.